The van der Waals surface area contributed by atoms with Crippen molar-refractivity contribution in [2.75, 3.05) is 13.1 Å². The standard InChI is InChI=1S/C28H31N7O3/c1-27(8-9-27)26(37)32-12-10-28(38,11-13-32)17-33-18-29-24-23(25(33)36)15-31-35(24)22-4-2-19(3-5-22)20-14-30-34(16-20)21-6-7-21/h2-5,14-16,18,21,38H,6-13,17H2,1H3. The lowest BCUT2D eigenvalue weighted by Gasteiger charge is -2.39. The highest BCUT2D eigenvalue weighted by atomic mass is 16.3. The van der Waals surface area contributed by atoms with Crippen LogP contribution in [0.5, 0.6) is 0 Å². The molecular formula is C28H31N7O3. The number of rotatable bonds is 6. The molecule has 0 radical (unpaired) electrons. The van der Waals surface area contributed by atoms with E-state index in [4.69, 9.17) is 0 Å². The molecule has 0 spiro atoms. The van der Waals surface area contributed by atoms with Gasteiger partial charge in [0.1, 0.15) is 11.7 Å². The first-order chi connectivity index (χ1) is 18.3. The summed E-state index contributed by atoms with van der Waals surface area (Å²) in [6.07, 6.45) is 12.1. The van der Waals surface area contributed by atoms with E-state index < -0.39 is 5.60 Å². The summed E-state index contributed by atoms with van der Waals surface area (Å²) in [5, 5.41) is 20.5. The first-order valence-electron chi connectivity index (χ1n) is 13.4. The molecule has 10 heteroatoms. The molecule has 1 saturated heterocycles. The predicted octanol–water partition coefficient (Wildman–Crippen LogP) is 2.93. The van der Waals surface area contributed by atoms with Crippen molar-refractivity contribution in [1.29, 1.82) is 0 Å². The lowest BCUT2D eigenvalue weighted by Crippen LogP contribution is -2.51. The summed E-state index contributed by atoms with van der Waals surface area (Å²) in [6.45, 7) is 3.16. The number of carbonyl (C=O) groups excluding carboxylic acids is 1. The second-order valence-corrected chi connectivity index (χ2v) is 11.5. The van der Waals surface area contributed by atoms with E-state index in [2.05, 4.69) is 21.4 Å². The number of aromatic nitrogens is 6. The van der Waals surface area contributed by atoms with E-state index in [0.29, 0.717) is 43.0 Å². The van der Waals surface area contributed by atoms with Gasteiger partial charge < -0.3 is 10.0 Å². The van der Waals surface area contributed by atoms with E-state index >= 15 is 0 Å². The highest BCUT2D eigenvalue weighted by Gasteiger charge is 2.48. The molecule has 38 heavy (non-hydrogen) atoms. The molecule has 3 aromatic heterocycles. The van der Waals surface area contributed by atoms with E-state index in [1.165, 1.54) is 29.9 Å². The van der Waals surface area contributed by atoms with Crippen LogP contribution < -0.4 is 5.56 Å². The smallest absolute Gasteiger partial charge is 0.264 e. The molecule has 10 nitrogen and oxygen atoms in total. The Balaban J connectivity index is 1.08. The Hall–Kier alpha value is -3.79. The Morgan fingerprint density at radius 1 is 1.03 bits per heavy atom. The average Bonchev–Trinajstić information content (AvgIpc) is 3.82. The molecule has 4 aromatic rings. The maximum Gasteiger partial charge on any atom is 0.264 e. The fourth-order valence-corrected chi connectivity index (χ4v) is 5.46. The van der Waals surface area contributed by atoms with Gasteiger partial charge in [-0.1, -0.05) is 19.1 Å². The van der Waals surface area contributed by atoms with Gasteiger partial charge in [0.25, 0.3) is 5.56 Å². The number of piperidine rings is 1. The molecule has 3 aliphatic rings. The molecule has 2 aliphatic carbocycles. The van der Waals surface area contributed by atoms with Crippen molar-refractivity contribution in [2.24, 2.45) is 5.41 Å². The Bertz CT molecular complexity index is 1580. The minimum Gasteiger partial charge on any atom is -0.388 e. The molecular weight excluding hydrogens is 482 g/mol. The van der Waals surface area contributed by atoms with Crippen LogP contribution in [0.4, 0.5) is 0 Å². The van der Waals surface area contributed by atoms with E-state index in [-0.39, 0.29) is 23.4 Å². The first-order valence-corrected chi connectivity index (χ1v) is 13.4. The topological polar surface area (TPSA) is 111 Å². The second-order valence-electron chi connectivity index (χ2n) is 11.5. The van der Waals surface area contributed by atoms with Gasteiger partial charge in [-0.2, -0.15) is 10.2 Å². The fraction of sp³-hybridized carbons (Fsp3) is 0.464. The third kappa shape index (κ3) is 4.03. The third-order valence-electron chi connectivity index (χ3n) is 8.48. The van der Waals surface area contributed by atoms with Crippen LogP contribution in [0.15, 0.2) is 54.0 Å². The Morgan fingerprint density at radius 3 is 2.45 bits per heavy atom. The maximum absolute atomic E-state index is 13.3. The number of nitrogens with zero attached hydrogens (tertiary/aromatic N) is 7. The van der Waals surface area contributed by atoms with Crippen molar-refractivity contribution < 1.29 is 9.90 Å². The minimum atomic E-state index is -1.06. The van der Waals surface area contributed by atoms with E-state index in [1.54, 1.807) is 4.68 Å². The molecule has 1 amide bonds. The highest BCUT2D eigenvalue weighted by molar-refractivity contribution is 5.85. The van der Waals surface area contributed by atoms with Crippen molar-refractivity contribution >= 4 is 16.9 Å². The number of carbonyl (C=O) groups is 1. The van der Waals surface area contributed by atoms with Gasteiger partial charge in [-0.15, -0.1) is 0 Å². The van der Waals surface area contributed by atoms with Crippen LogP contribution >= 0.6 is 0 Å². The van der Waals surface area contributed by atoms with E-state index in [0.717, 1.165) is 29.7 Å². The summed E-state index contributed by atoms with van der Waals surface area (Å²) >= 11 is 0. The summed E-state index contributed by atoms with van der Waals surface area (Å²) in [5.41, 5.74) is 1.93. The zero-order valence-corrected chi connectivity index (χ0v) is 21.5. The summed E-state index contributed by atoms with van der Waals surface area (Å²) in [5.74, 6) is 0.188. The number of likely N-dealkylation sites (tertiary alicyclic amines) is 1. The highest BCUT2D eigenvalue weighted by Crippen LogP contribution is 2.47. The van der Waals surface area contributed by atoms with Crippen molar-refractivity contribution in [3.63, 3.8) is 0 Å². The predicted molar refractivity (Wildman–Crippen MR) is 141 cm³/mol. The number of hydrogen-bond donors (Lipinski definition) is 1. The van der Waals surface area contributed by atoms with Gasteiger partial charge in [0, 0.05) is 30.3 Å². The van der Waals surface area contributed by atoms with Crippen molar-refractivity contribution in [1.82, 2.24) is 34.0 Å². The van der Waals surface area contributed by atoms with Gasteiger partial charge >= 0.3 is 0 Å². The van der Waals surface area contributed by atoms with Gasteiger partial charge in [-0.25, -0.2) is 9.67 Å². The molecule has 4 heterocycles. The number of hydrogen-bond acceptors (Lipinski definition) is 6. The number of aliphatic hydroxyl groups is 1. The maximum atomic E-state index is 13.3. The molecule has 0 atom stereocenters. The summed E-state index contributed by atoms with van der Waals surface area (Å²) in [4.78, 5) is 32.3. The Labute approximate surface area is 219 Å². The number of fused-ring (bicyclic) bond motifs is 1. The van der Waals surface area contributed by atoms with Gasteiger partial charge in [0.15, 0.2) is 5.65 Å². The third-order valence-corrected chi connectivity index (χ3v) is 8.48. The van der Waals surface area contributed by atoms with Gasteiger partial charge in [0.2, 0.25) is 5.91 Å². The first kappa shape index (κ1) is 23.3. The van der Waals surface area contributed by atoms with E-state index in [1.807, 2.05) is 47.0 Å². The van der Waals surface area contributed by atoms with E-state index in [9.17, 15) is 14.7 Å². The molecule has 0 unspecified atom stereocenters. The SMILES string of the molecule is CC1(C(=O)N2CCC(O)(Cn3cnc4c(cnn4-c4ccc(-c5cnn(C6CC6)c5)cc4)c3=O)CC2)CC1. The van der Waals surface area contributed by atoms with Gasteiger partial charge in [0.05, 0.1) is 36.3 Å². The van der Waals surface area contributed by atoms with Crippen LogP contribution in [-0.4, -0.2) is 63.7 Å². The van der Waals surface area contributed by atoms with Gasteiger partial charge in [-0.3, -0.25) is 18.8 Å². The summed E-state index contributed by atoms with van der Waals surface area (Å²) in [7, 11) is 0. The van der Waals surface area contributed by atoms with Gasteiger partial charge in [-0.05, 0) is 56.2 Å². The molecule has 196 valence electrons. The monoisotopic (exact) mass is 513 g/mol. The average molecular weight is 514 g/mol. The van der Waals surface area contributed by atoms with Crippen molar-refractivity contribution in [3.8, 4) is 16.8 Å². The second kappa shape index (κ2) is 8.36. The van der Waals surface area contributed by atoms with Crippen LogP contribution in [0.2, 0.25) is 0 Å². The summed E-state index contributed by atoms with van der Waals surface area (Å²) < 4.78 is 5.16. The minimum absolute atomic E-state index is 0.141. The van der Waals surface area contributed by atoms with Crippen LogP contribution in [-0.2, 0) is 11.3 Å². The zero-order valence-electron chi connectivity index (χ0n) is 21.5. The normalized spacial score (nSPS) is 20.1. The fourth-order valence-electron chi connectivity index (χ4n) is 5.46. The zero-order chi connectivity index (χ0) is 26.1. The van der Waals surface area contributed by atoms with Crippen LogP contribution in [0.1, 0.15) is 51.5 Å². The Kier molecular flexibility index (Phi) is 5.13. The van der Waals surface area contributed by atoms with Crippen molar-refractivity contribution in [2.45, 2.75) is 63.6 Å². The quantitative estimate of drug-likeness (QED) is 0.424. The molecule has 1 aromatic carbocycles. The van der Waals surface area contributed by atoms with Crippen LogP contribution in [0, 0.1) is 5.41 Å². The molecule has 0 bridgehead atoms. The number of benzene rings is 1. The molecule has 7 rings (SSSR count). The largest absolute Gasteiger partial charge is 0.388 e. The molecule has 3 fully saturated rings. The Morgan fingerprint density at radius 2 is 1.76 bits per heavy atom. The van der Waals surface area contributed by atoms with Crippen LogP contribution in [0.3, 0.4) is 0 Å². The lowest BCUT2D eigenvalue weighted by atomic mass is 9.90. The number of amides is 1. The van der Waals surface area contributed by atoms with Crippen molar-refractivity contribution in [3.05, 3.63) is 59.5 Å². The molecule has 1 N–H and O–H groups in total. The molecule has 2 saturated carbocycles. The van der Waals surface area contributed by atoms with Crippen LogP contribution in [0.25, 0.3) is 27.8 Å². The lowest BCUT2D eigenvalue weighted by molar-refractivity contribution is -0.141. The summed E-state index contributed by atoms with van der Waals surface area (Å²) in [6, 6.07) is 8.51. The molecule has 1 aliphatic heterocycles.